The van der Waals surface area contributed by atoms with Gasteiger partial charge in [0.25, 0.3) is 5.91 Å². The van der Waals surface area contributed by atoms with Crippen LogP contribution in [0.2, 0.25) is 0 Å². The van der Waals surface area contributed by atoms with Crippen molar-refractivity contribution in [1.82, 2.24) is 10.2 Å². The molecule has 3 amide bonds. The van der Waals surface area contributed by atoms with Crippen LogP contribution < -0.4 is 20.7 Å². The summed E-state index contributed by atoms with van der Waals surface area (Å²) < 4.78 is 10.3. The van der Waals surface area contributed by atoms with Gasteiger partial charge in [0.1, 0.15) is 5.75 Å². The molecule has 194 valence electrons. The van der Waals surface area contributed by atoms with Gasteiger partial charge in [-0.1, -0.05) is 12.1 Å². The summed E-state index contributed by atoms with van der Waals surface area (Å²) >= 11 is 0. The minimum Gasteiger partial charge on any atom is -0.495 e. The molecule has 1 unspecified atom stereocenters. The number of nitrogens with one attached hydrogen (secondary N) is 3. The summed E-state index contributed by atoms with van der Waals surface area (Å²) in [6.07, 6.45) is 2.25. The van der Waals surface area contributed by atoms with Crippen LogP contribution in [0.1, 0.15) is 36.5 Å². The molecule has 1 saturated heterocycles. The zero-order valence-corrected chi connectivity index (χ0v) is 21.2. The number of piperidine rings is 1. The largest absolute Gasteiger partial charge is 0.495 e. The van der Waals surface area contributed by atoms with E-state index in [1.807, 2.05) is 19.1 Å². The van der Waals surface area contributed by atoms with Crippen molar-refractivity contribution in [2.45, 2.75) is 32.2 Å². The standard InChI is InChI=1S/C27H36N4O5/c1-19(31-16-13-21(14-17-31)26(33)28-15-6-18-35-2)25(32)29-22-11-9-20(10-12-22)27(34)30-23-7-4-5-8-24(23)36-3/h4-5,7-12,19,21H,6,13-18H2,1-3H3,(H,28,33)(H,29,32)(H,30,34). The SMILES string of the molecule is COCCCNC(=O)C1CCN(C(C)C(=O)Nc2ccc(C(=O)Nc3ccccc3OC)cc2)CC1. The maximum atomic E-state index is 12.8. The Labute approximate surface area is 212 Å². The fraction of sp³-hybridized carbons (Fsp3) is 0.444. The Morgan fingerprint density at radius 1 is 1.00 bits per heavy atom. The lowest BCUT2D eigenvalue weighted by Crippen LogP contribution is -2.48. The Kier molecular flexibility index (Phi) is 10.3. The van der Waals surface area contributed by atoms with E-state index in [0.717, 1.165) is 19.3 Å². The van der Waals surface area contributed by atoms with Crippen LogP contribution in [0.4, 0.5) is 11.4 Å². The van der Waals surface area contributed by atoms with E-state index >= 15 is 0 Å². The smallest absolute Gasteiger partial charge is 0.255 e. The summed E-state index contributed by atoms with van der Waals surface area (Å²) in [6, 6.07) is 13.6. The van der Waals surface area contributed by atoms with Gasteiger partial charge >= 0.3 is 0 Å². The number of para-hydroxylation sites is 2. The minimum absolute atomic E-state index is 0.0198. The van der Waals surface area contributed by atoms with E-state index in [9.17, 15) is 14.4 Å². The molecule has 1 aliphatic heterocycles. The fourth-order valence-electron chi connectivity index (χ4n) is 4.18. The number of methoxy groups -OCH3 is 2. The molecule has 0 saturated carbocycles. The maximum absolute atomic E-state index is 12.8. The van der Waals surface area contributed by atoms with Crippen LogP contribution in [-0.2, 0) is 14.3 Å². The highest BCUT2D eigenvalue weighted by atomic mass is 16.5. The number of likely N-dealkylation sites (tertiary alicyclic amines) is 1. The van der Waals surface area contributed by atoms with Gasteiger partial charge in [-0.2, -0.15) is 0 Å². The quantitative estimate of drug-likeness (QED) is 0.413. The van der Waals surface area contributed by atoms with Gasteiger partial charge in [-0.05, 0) is 75.7 Å². The Hall–Kier alpha value is -3.43. The summed E-state index contributed by atoms with van der Waals surface area (Å²) in [7, 11) is 3.20. The highest BCUT2D eigenvalue weighted by Gasteiger charge is 2.29. The lowest BCUT2D eigenvalue weighted by molar-refractivity contribution is -0.127. The molecule has 0 spiro atoms. The predicted molar refractivity (Wildman–Crippen MR) is 139 cm³/mol. The normalized spacial score (nSPS) is 15.1. The van der Waals surface area contributed by atoms with Gasteiger partial charge in [0.15, 0.2) is 0 Å². The van der Waals surface area contributed by atoms with Crippen LogP contribution in [0.25, 0.3) is 0 Å². The van der Waals surface area contributed by atoms with Crippen molar-refractivity contribution in [3.05, 3.63) is 54.1 Å². The van der Waals surface area contributed by atoms with E-state index in [4.69, 9.17) is 9.47 Å². The van der Waals surface area contributed by atoms with Crippen LogP contribution in [-0.4, -0.2) is 69.1 Å². The topological polar surface area (TPSA) is 109 Å². The summed E-state index contributed by atoms with van der Waals surface area (Å²) in [6.45, 7) is 4.49. The number of ether oxygens (including phenoxy) is 2. The van der Waals surface area contributed by atoms with Crippen LogP contribution in [0.15, 0.2) is 48.5 Å². The summed E-state index contributed by atoms with van der Waals surface area (Å²) in [5, 5.41) is 8.73. The van der Waals surface area contributed by atoms with Gasteiger partial charge in [-0.3, -0.25) is 19.3 Å². The van der Waals surface area contributed by atoms with Gasteiger partial charge in [-0.15, -0.1) is 0 Å². The molecule has 1 atom stereocenters. The molecule has 9 heteroatoms. The van der Waals surface area contributed by atoms with E-state index in [2.05, 4.69) is 20.9 Å². The van der Waals surface area contributed by atoms with Gasteiger partial charge in [0, 0.05) is 37.4 Å². The van der Waals surface area contributed by atoms with Crippen molar-refractivity contribution in [2.24, 2.45) is 5.92 Å². The van der Waals surface area contributed by atoms with Gasteiger partial charge in [0.05, 0.1) is 18.8 Å². The number of hydrogen-bond donors (Lipinski definition) is 3. The highest BCUT2D eigenvalue weighted by molar-refractivity contribution is 6.05. The molecule has 9 nitrogen and oxygen atoms in total. The second kappa shape index (κ2) is 13.6. The number of anilines is 2. The molecule has 3 N–H and O–H groups in total. The molecule has 2 aromatic rings. The molecular formula is C27H36N4O5. The first kappa shape index (κ1) is 27.2. The number of amides is 3. The molecule has 3 rings (SSSR count). The first-order chi connectivity index (χ1) is 17.4. The van der Waals surface area contributed by atoms with E-state index in [1.54, 1.807) is 50.6 Å². The third kappa shape index (κ3) is 7.53. The van der Waals surface area contributed by atoms with Crippen LogP contribution in [0.3, 0.4) is 0 Å². The first-order valence-electron chi connectivity index (χ1n) is 12.3. The average molecular weight is 497 g/mol. The molecular weight excluding hydrogens is 460 g/mol. The number of rotatable bonds is 11. The maximum Gasteiger partial charge on any atom is 0.255 e. The second-order valence-corrected chi connectivity index (χ2v) is 8.84. The number of carbonyl (C=O) groups is 3. The zero-order chi connectivity index (χ0) is 25.9. The summed E-state index contributed by atoms with van der Waals surface area (Å²) in [4.78, 5) is 39.9. The Bertz CT molecular complexity index is 1020. The van der Waals surface area contributed by atoms with Crippen LogP contribution in [0.5, 0.6) is 5.75 Å². The van der Waals surface area contributed by atoms with E-state index < -0.39 is 0 Å². The molecule has 2 aromatic carbocycles. The lowest BCUT2D eigenvalue weighted by atomic mass is 9.95. The Balaban J connectivity index is 1.46. The number of hydrogen-bond acceptors (Lipinski definition) is 6. The molecule has 36 heavy (non-hydrogen) atoms. The lowest BCUT2D eigenvalue weighted by Gasteiger charge is -2.34. The Morgan fingerprint density at radius 2 is 1.69 bits per heavy atom. The predicted octanol–water partition coefficient (Wildman–Crippen LogP) is 3.14. The van der Waals surface area contributed by atoms with Crippen molar-refractivity contribution in [3.63, 3.8) is 0 Å². The van der Waals surface area contributed by atoms with Gasteiger partial charge in [0.2, 0.25) is 11.8 Å². The molecule has 0 aromatic heterocycles. The van der Waals surface area contributed by atoms with E-state index in [1.165, 1.54) is 0 Å². The van der Waals surface area contributed by atoms with Gasteiger partial charge in [-0.25, -0.2) is 0 Å². The van der Waals surface area contributed by atoms with E-state index in [0.29, 0.717) is 48.9 Å². The number of carbonyl (C=O) groups excluding carboxylic acids is 3. The monoisotopic (exact) mass is 496 g/mol. The second-order valence-electron chi connectivity index (χ2n) is 8.84. The fourth-order valence-corrected chi connectivity index (χ4v) is 4.18. The van der Waals surface area contributed by atoms with Crippen molar-refractivity contribution in [1.29, 1.82) is 0 Å². The molecule has 1 aliphatic rings. The Morgan fingerprint density at radius 3 is 2.36 bits per heavy atom. The van der Waals surface area contributed by atoms with Crippen molar-refractivity contribution in [3.8, 4) is 5.75 Å². The average Bonchev–Trinajstić information content (AvgIpc) is 2.91. The van der Waals surface area contributed by atoms with Crippen molar-refractivity contribution in [2.75, 3.05) is 51.1 Å². The highest BCUT2D eigenvalue weighted by Crippen LogP contribution is 2.24. The first-order valence-corrected chi connectivity index (χ1v) is 12.3. The third-order valence-electron chi connectivity index (χ3n) is 6.42. The van der Waals surface area contributed by atoms with E-state index in [-0.39, 0.29) is 29.7 Å². The number of nitrogens with zero attached hydrogens (tertiary/aromatic N) is 1. The molecule has 1 fully saturated rings. The zero-order valence-electron chi connectivity index (χ0n) is 21.2. The van der Waals surface area contributed by atoms with Crippen LogP contribution in [0, 0.1) is 5.92 Å². The number of benzene rings is 2. The summed E-state index contributed by atoms with van der Waals surface area (Å²) in [5.41, 5.74) is 1.67. The summed E-state index contributed by atoms with van der Waals surface area (Å²) in [5.74, 6) is 0.252. The third-order valence-corrected chi connectivity index (χ3v) is 6.42. The van der Waals surface area contributed by atoms with Crippen molar-refractivity contribution < 1.29 is 23.9 Å². The van der Waals surface area contributed by atoms with Gasteiger partial charge < -0.3 is 25.4 Å². The molecule has 0 aliphatic carbocycles. The molecule has 1 heterocycles. The molecule has 0 bridgehead atoms. The minimum atomic E-state index is -0.329. The van der Waals surface area contributed by atoms with Crippen molar-refractivity contribution >= 4 is 29.1 Å². The molecule has 0 radical (unpaired) electrons. The van der Waals surface area contributed by atoms with Crippen LogP contribution >= 0.6 is 0 Å².